The van der Waals surface area contributed by atoms with Crippen molar-refractivity contribution in [2.45, 2.75) is 103 Å². The zero-order valence-electron chi connectivity index (χ0n) is 21.2. The Hall–Kier alpha value is -1.48. The standard InChI is InChI=1S/C24H44N4O4/c1-21(2)11-17(12-22(3,4)27(21)31)15-25-19(29)9-10-20(30)26-16-18-13-23(5,6)28(32)24(7,8)14-18/h9-10,17-18,31-32H,11-16H2,1-8H3,(H,25,29)(H,26,30). The van der Waals surface area contributed by atoms with Crippen molar-refractivity contribution in [3.8, 4) is 0 Å². The van der Waals surface area contributed by atoms with E-state index in [1.54, 1.807) is 0 Å². The number of amides is 2. The van der Waals surface area contributed by atoms with Crippen LogP contribution in [0.3, 0.4) is 0 Å². The van der Waals surface area contributed by atoms with E-state index in [0.717, 1.165) is 25.7 Å². The summed E-state index contributed by atoms with van der Waals surface area (Å²) in [4.78, 5) is 24.4. The molecule has 0 unspecified atom stereocenters. The largest absolute Gasteiger partial charge is 0.352 e. The quantitative estimate of drug-likeness (QED) is 0.462. The van der Waals surface area contributed by atoms with Gasteiger partial charge in [-0.05, 0) is 92.9 Å². The summed E-state index contributed by atoms with van der Waals surface area (Å²) >= 11 is 0. The third-order valence-electron chi connectivity index (χ3n) is 6.96. The van der Waals surface area contributed by atoms with Gasteiger partial charge in [-0.2, -0.15) is 10.1 Å². The van der Waals surface area contributed by atoms with Crippen LogP contribution in [0, 0.1) is 11.8 Å². The van der Waals surface area contributed by atoms with Crippen LogP contribution in [0.2, 0.25) is 0 Å². The van der Waals surface area contributed by atoms with Crippen molar-refractivity contribution in [2.24, 2.45) is 11.8 Å². The maximum Gasteiger partial charge on any atom is 0.244 e. The molecular formula is C24H44N4O4. The Bertz CT molecular complexity index is 634. The van der Waals surface area contributed by atoms with E-state index in [4.69, 9.17) is 0 Å². The minimum Gasteiger partial charge on any atom is -0.352 e. The van der Waals surface area contributed by atoms with Gasteiger partial charge in [0.25, 0.3) is 0 Å². The van der Waals surface area contributed by atoms with Crippen LogP contribution >= 0.6 is 0 Å². The summed E-state index contributed by atoms with van der Waals surface area (Å²) in [6, 6.07) is 0. The summed E-state index contributed by atoms with van der Waals surface area (Å²) in [5, 5.41) is 29.4. The molecule has 8 heteroatoms. The van der Waals surface area contributed by atoms with Crippen molar-refractivity contribution in [2.75, 3.05) is 13.1 Å². The maximum absolute atomic E-state index is 12.2. The van der Waals surface area contributed by atoms with Crippen LogP contribution < -0.4 is 10.6 Å². The van der Waals surface area contributed by atoms with Crippen molar-refractivity contribution in [1.29, 1.82) is 0 Å². The molecule has 2 saturated heterocycles. The molecule has 184 valence electrons. The lowest BCUT2D eigenvalue weighted by Gasteiger charge is -2.51. The van der Waals surface area contributed by atoms with Crippen LogP contribution in [-0.4, -0.2) is 67.6 Å². The van der Waals surface area contributed by atoms with Crippen molar-refractivity contribution in [1.82, 2.24) is 20.8 Å². The van der Waals surface area contributed by atoms with Gasteiger partial charge >= 0.3 is 0 Å². The second kappa shape index (κ2) is 9.41. The molecule has 0 aromatic rings. The van der Waals surface area contributed by atoms with Crippen LogP contribution in [0.25, 0.3) is 0 Å². The summed E-state index contributed by atoms with van der Waals surface area (Å²) in [5.41, 5.74) is -1.44. The van der Waals surface area contributed by atoms with Crippen molar-refractivity contribution >= 4 is 11.8 Å². The minimum atomic E-state index is -0.359. The molecule has 4 N–H and O–H groups in total. The molecule has 2 rings (SSSR count). The molecule has 2 aliphatic heterocycles. The molecule has 0 spiro atoms. The molecule has 8 nitrogen and oxygen atoms in total. The fourth-order valence-electron chi connectivity index (χ4n) is 6.00. The highest BCUT2D eigenvalue weighted by molar-refractivity contribution is 5.96. The van der Waals surface area contributed by atoms with E-state index in [1.165, 1.54) is 22.3 Å². The summed E-state index contributed by atoms with van der Waals surface area (Å²) in [6.45, 7) is 17.0. The lowest BCUT2D eigenvalue weighted by Crippen LogP contribution is -2.60. The Morgan fingerprint density at radius 2 is 0.938 bits per heavy atom. The smallest absolute Gasteiger partial charge is 0.244 e. The van der Waals surface area contributed by atoms with Gasteiger partial charge in [-0.1, -0.05) is 0 Å². The highest BCUT2D eigenvalue weighted by Gasteiger charge is 2.45. The number of nitrogens with zero attached hydrogens (tertiary/aromatic N) is 2. The molecule has 0 aromatic heterocycles. The van der Waals surface area contributed by atoms with Crippen LogP contribution in [0.15, 0.2) is 12.2 Å². The number of rotatable bonds is 6. The first-order chi connectivity index (χ1) is 14.5. The number of nitrogens with one attached hydrogen (secondary N) is 2. The van der Waals surface area contributed by atoms with Crippen LogP contribution in [-0.2, 0) is 9.59 Å². The van der Waals surface area contributed by atoms with Gasteiger partial charge in [-0.3, -0.25) is 9.59 Å². The van der Waals surface area contributed by atoms with Gasteiger partial charge in [0.1, 0.15) is 0 Å². The zero-order valence-corrected chi connectivity index (χ0v) is 21.2. The zero-order chi connectivity index (χ0) is 24.5. The number of carbonyl (C=O) groups is 2. The Labute approximate surface area is 193 Å². The van der Waals surface area contributed by atoms with E-state index < -0.39 is 0 Å². The van der Waals surface area contributed by atoms with Gasteiger partial charge in [-0.15, -0.1) is 0 Å². The van der Waals surface area contributed by atoms with Gasteiger partial charge < -0.3 is 21.0 Å². The average Bonchev–Trinajstić information content (AvgIpc) is 2.64. The number of hydrogen-bond donors (Lipinski definition) is 4. The van der Waals surface area contributed by atoms with E-state index in [9.17, 15) is 20.0 Å². The summed E-state index contributed by atoms with van der Waals surface area (Å²) in [6.07, 6.45) is 5.65. The van der Waals surface area contributed by atoms with Crippen molar-refractivity contribution in [3.05, 3.63) is 12.2 Å². The second-order valence-electron chi connectivity index (χ2n) is 12.2. The molecular weight excluding hydrogens is 408 g/mol. The topological polar surface area (TPSA) is 105 Å². The predicted octanol–water partition coefficient (Wildman–Crippen LogP) is 3.09. The summed E-state index contributed by atoms with van der Waals surface area (Å²) < 4.78 is 0. The molecule has 0 saturated carbocycles. The average molecular weight is 453 g/mol. The summed E-state index contributed by atoms with van der Waals surface area (Å²) in [7, 11) is 0. The third kappa shape index (κ3) is 6.53. The van der Waals surface area contributed by atoms with Gasteiger partial charge in [0.2, 0.25) is 11.8 Å². The molecule has 2 amide bonds. The molecule has 2 heterocycles. The molecule has 2 fully saturated rings. The van der Waals surface area contributed by atoms with Crippen molar-refractivity contribution in [3.63, 3.8) is 0 Å². The molecule has 0 aliphatic carbocycles. The number of hydrogen-bond acceptors (Lipinski definition) is 6. The number of piperidine rings is 2. The van der Waals surface area contributed by atoms with Crippen LogP contribution in [0.5, 0.6) is 0 Å². The highest BCUT2D eigenvalue weighted by atomic mass is 16.5. The van der Waals surface area contributed by atoms with Crippen LogP contribution in [0.1, 0.15) is 81.1 Å². The Morgan fingerprint density at radius 3 is 1.19 bits per heavy atom. The fourth-order valence-corrected chi connectivity index (χ4v) is 6.00. The molecule has 0 bridgehead atoms. The first-order valence-corrected chi connectivity index (χ1v) is 11.7. The normalized spacial score (nSPS) is 26.2. The van der Waals surface area contributed by atoms with Gasteiger partial charge in [0.05, 0.1) is 0 Å². The first-order valence-electron chi connectivity index (χ1n) is 11.7. The summed E-state index contributed by atoms with van der Waals surface area (Å²) in [5.74, 6) is -0.0894. The van der Waals surface area contributed by atoms with Crippen molar-refractivity contribution < 1.29 is 20.0 Å². The highest BCUT2D eigenvalue weighted by Crippen LogP contribution is 2.40. The molecule has 32 heavy (non-hydrogen) atoms. The lowest BCUT2D eigenvalue weighted by molar-refractivity contribution is -0.250. The van der Waals surface area contributed by atoms with Gasteiger partial charge in [0.15, 0.2) is 0 Å². The van der Waals surface area contributed by atoms with E-state index in [-0.39, 0.29) is 45.8 Å². The minimum absolute atomic E-state index is 0.249. The molecule has 0 radical (unpaired) electrons. The van der Waals surface area contributed by atoms with E-state index in [0.29, 0.717) is 13.1 Å². The lowest BCUT2D eigenvalue weighted by atomic mass is 9.75. The number of carbonyl (C=O) groups excluding carboxylic acids is 2. The molecule has 0 atom stereocenters. The van der Waals surface area contributed by atoms with E-state index >= 15 is 0 Å². The number of hydroxylamine groups is 4. The molecule has 2 aliphatic rings. The van der Waals surface area contributed by atoms with Gasteiger partial charge in [-0.25, -0.2) is 0 Å². The SMILES string of the molecule is CC1(C)CC(CNC(=O)C=CC(=O)NCC2CC(C)(C)N(O)C(C)(C)C2)CC(C)(C)N1O. The Morgan fingerprint density at radius 1 is 0.688 bits per heavy atom. The maximum atomic E-state index is 12.2. The third-order valence-corrected chi connectivity index (χ3v) is 6.96. The first kappa shape index (κ1) is 26.8. The van der Waals surface area contributed by atoms with Gasteiger partial charge in [0, 0.05) is 47.4 Å². The molecule has 0 aromatic carbocycles. The van der Waals surface area contributed by atoms with E-state index in [2.05, 4.69) is 10.6 Å². The Balaban J connectivity index is 1.79. The fraction of sp³-hybridized carbons (Fsp3) is 0.833. The predicted molar refractivity (Wildman–Crippen MR) is 124 cm³/mol. The van der Waals surface area contributed by atoms with Crippen LogP contribution in [0.4, 0.5) is 0 Å². The Kier molecular flexibility index (Phi) is 7.87. The van der Waals surface area contributed by atoms with E-state index in [1.807, 2.05) is 55.4 Å². The second-order valence-corrected chi connectivity index (χ2v) is 12.2. The monoisotopic (exact) mass is 452 g/mol.